The smallest absolute Gasteiger partial charge is 0.248 e. The quantitative estimate of drug-likeness (QED) is 0.611. The normalized spacial score (nSPS) is 16.2. The third-order valence-electron chi connectivity index (χ3n) is 5.34. The summed E-state index contributed by atoms with van der Waals surface area (Å²) in [5.41, 5.74) is 1.83. The lowest BCUT2D eigenvalue weighted by atomic mass is 9.99. The van der Waals surface area contributed by atoms with Crippen LogP contribution in [0.3, 0.4) is 0 Å². The van der Waals surface area contributed by atoms with Crippen molar-refractivity contribution in [3.05, 3.63) is 47.0 Å². The van der Waals surface area contributed by atoms with Crippen LogP contribution in [0.4, 0.5) is 5.13 Å². The summed E-state index contributed by atoms with van der Waals surface area (Å²) < 4.78 is 5.11. The predicted octanol–water partition coefficient (Wildman–Crippen LogP) is 3.54. The first kappa shape index (κ1) is 23.0. The number of likely N-dealkylation sites (tertiary alicyclic amines) is 1. The highest BCUT2D eigenvalue weighted by Crippen LogP contribution is 2.21. The fraction of sp³-hybridized carbons (Fsp3) is 0.435. The molecule has 1 aliphatic heterocycles. The van der Waals surface area contributed by atoms with Crippen LogP contribution in [0.5, 0.6) is 5.75 Å². The van der Waals surface area contributed by atoms with E-state index in [9.17, 15) is 9.59 Å². The van der Waals surface area contributed by atoms with Gasteiger partial charge < -0.3 is 15.4 Å². The molecule has 0 radical (unpaired) electrons. The second kappa shape index (κ2) is 11.1. The van der Waals surface area contributed by atoms with Gasteiger partial charge in [-0.15, -0.1) is 11.3 Å². The Morgan fingerprint density at radius 3 is 2.68 bits per heavy atom. The molecule has 2 heterocycles. The van der Waals surface area contributed by atoms with Gasteiger partial charge in [-0.25, -0.2) is 4.98 Å². The number of nitrogens with one attached hydrogen (secondary N) is 2. The van der Waals surface area contributed by atoms with Crippen molar-refractivity contribution in [2.24, 2.45) is 5.92 Å². The fourth-order valence-electron chi connectivity index (χ4n) is 3.31. The Bertz CT molecular complexity index is 902. The molecule has 0 bridgehead atoms. The van der Waals surface area contributed by atoms with E-state index in [1.807, 2.05) is 29.6 Å². The Morgan fingerprint density at radius 2 is 2.00 bits per heavy atom. The molecule has 2 N–H and O–H groups in total. The average Bonchev–Trinajstić information content (AvgIpc) is 3.20. The molecule has 1 aromatic carbocycles. The molecule has 0 aliphatic carbocycles. The van der Waals surface area contributed by atoms with Crippen molar-refractivity contribution >= 4 is 34.4 Å². The maximum Gasteiger partial charge on any atom is 0.248 e. The van der Waals surface area contributed by atoms with Crippen LogP contribution in [0.2, 0.25) is 0 Å². The van der Waals surface area contributed by atoms with E-state index in [0.717, 1.165) is 42.6 Å². The van der Waals surface area contributed by atoms with Crippen molar-refractivity contribution in [3.63, 3.8) is 0 Å². The molecule has 3 rings (SSSR count). The topological polar surface area (TPSA) is 83.6 Å². The van der Waals surface area contributed by atoms with Gasteiger partial charge in [0.1, 0.15) is 11.8 Å². The number of thiazole rings is 1. The standard InChI is InChI=1S/C23H30N4O3S/c1-16-10-12-27(13-11-16)14-19-15-31-23(25-19)26-22(29)17(2)24-21(28)9-6-18-4-7-20(30-3)8-5-18/h4-9,15-17H,10-14H2,1-3H3,(H,24,28)(H,25,26,29)/b9-6+. The maximum atomic E-state index is 12.4. The highest BCUT2D eigenvalue weighted by Gasteiger charge is 2.18. The number of rotatable bonds is 8. The molecule has 166 valence electrons. The number of carbonyl (C=O) groups is 2. The SMILES string of the molecule is COc1ccc(/C=C/C(=O)NC(C)C(=O)Nc2nc(CN3CCC(C)CC3)cs2)cc1. The minimum Gasteiger partial charge on any atom is -0.497 e. The first-order valence-electron chi connectivity index (χ1n) is 10.5. The molecule has 7 nitrogen and oxygen atoms in total. The van der Waals surface area contributed by atoms with Gasteiger partial charge in [-0.05, 0) is 62.5 Å². The Labute approximate surface area is 187 Å². The molecule has 1 aliphatic rings. The monoisotopic (exact) mass is 442 g/mol. The first-order valence-corrected chi connectivity index (χ1v) is 11.4. The van der Waals surface area contributed by atoms with E-state index in [4.69, 9.17) is 4.74 Å². The zero-order valence-electron chi connectivity index (χ0n) is 18.3. The van der Waals surface area contributed by atoms with Crippen LogP contribution in [-0.2, 0) is 16.1 Å². The average molecular weight is 443 g/mol. The van der Waals surface area contributed by atoms with Gasteiger partial charge in [-0.2, -0.15) is 0 Å². The van der Waals surface area contributed by atoms with E-state index in [2.05, 4.69) is 27.4 Å². The van der Waals surface area contributed by atoms with Gasteiger partial charge in [0.15, 0.2) is 5.13 Å². The molecule has 1 saturated heterocycles. The lowest BCUT2D eigenvalue weighted by Crippen LogP contribution is -2.40. The van der Waals surface area contributed by atoms with Crippen molar-refractivity contribution in [3.8, 4) is 5.75 Å². The minimum atomic E-state index is -0.677. The van der Waals surface area contributed by atoms with Crippen LogP contribution in [0.25, 0.3) is 6.08 Å². The lowest BCUT2D eigenvalue weighted by Gasteiger charge is -2.29. The fourth-order valence-corrected chi connectivity index (χ4v) is 4.02. The molecular formula is C23H30N4O3S. The van der Waals surface area contributed by atoms with Crippen molar-refractivity contribution < 1.29 is 14.3 Å². The number of hydrogen-bond donors (Lipinski definition) is 2. The van der Waals surface area contributed by atoms with Gasteiger partial charge in [0.05, 0.1) is 12.8 Å². The van der Waals surface area contributed by atoms with Gasteiger partial charge >= 0.3 is 0 Å². The highest BCUT2D eigenvalue weighted by molar-refractivity contribution is 7.13. The molecule has 0 saturated carbocycles. The third-order valence-corrected chi connectivity index (χ3v) is 6.15. The van der Waals surface area contributed by atoms with Crippen LogP contribution in [0.15, 0.2) is 35.7 Å². The molecule has 1 atom stereocenters. The summed E-state index contributed by atoms with van der Waals surface area (Å²) in [5.74, 6) is 0.920. The second-order valence-electron chi connectivity index (χ2n) is 7.93. The molecule has 1 unspecified atom stereocenters. The Morgan fingerprint density at radius 1 is 1.29 bits per heavy atom. The summed E-state index contributed by atoms with van der Waals surface area (Å²) in [7, 11) is 1.60. The van der Waals surface area contributed by atoms with Crippen molar-refractivity contribution in [1.82, 2.24) is 15.2 Å². The number of ether oxygens (including phenoxy) is 1. The second-order valence-corrected chi connectivity index (χ2v) is 8.79. The van der Waals surface area contributed by atoms with E-state index in [-0.39, 0.29) is 11.8 Å². The number of methoxy groups -OCH3 is 1. The van der Waals surface area contributed by atoms with E-state index >= 15 is 0 Å². The lowest BCUT2D eigenvalue weighted by molar-refractivity contribution is -0.123. The Hall–Kier alpha value is -2.71. The summed E-state index contributed by atoms with van der Waals surface area (Å²) in [6.45, 7) is 6.93. The molecule has 0 spiro atoms. The predicted molar refractivity (Wildman–Crippen MR) is 124 cm³/mol. The summed E-state index contributed by atoms with van der Waals surface area (Å²) in [6, 6.07) is 6.67. The summed E-state index contributed by atoms with van der Waals surface area (Å²) in [4.78, 5) is 31.5. The molecule has 1 aromatic heterocycles. The van der Waals surface area contributed by atoms with Gasteiger partial charge in [0, 0.05) is 18.0 Å². The van der Waals surface area contributed by atoms with Crippen molar-refractivity contribution in [2.45, 2.75) is 39.3 Å². The van der Waals surface area contributed by atoms with Gasteiger partial charge in [0.2, 0.25) is 11.8 Å². The van der Waals surface area contributed by atoms with E-state index in [1.54, 1.807) is 20.1 Å². The zero-order valence-corrected chi connectivity index (χ0v) is 19.1. The number of hydrogen-bond acceptors (Lipinski definition) is 6. The number of anilines is 1. The Kier molecular flexibility index (Phi) is 8.20. The van der Waals surface area contributed by atoms with Crippen LogP contribution < -0.4 is 15.4 Å². The maximum absolute atomic E-state index is 12.4. The van der Waals surface area contributed by atoms with Crippen LogP contribution in [0, 0.1) is 5.92 Å². The minimum absolute atomic E-state index is 0.293. The van der Waals surface area contributed by atoms with Crippen LogP contribution in [0.1, 0.15) is 37.9 Å². The molecule has 2 amide bonds. The van der Waals surface area contributed by atoms with Gasteiger partial charge in [-0.3, -0.25) is 14.5 Å². The molecule has 1 fully saturated rings. The summed E-state index contributed by atoms with van der Waals surface area (Å²) in [5, 5.41) is 8.01. The van der Waals surface area contributed by atoms with Crippen molar-refractivity contribution in [1.29, 1.82) is 0 Å². The number of aromatic nitrogens is 1. The number of piperidine rings is 1. The van der Waals surface area contributed by atoms with Gasteiger partial charge in [0.25, 0.3) is 0 Å². The number of benzene rings is 1. The van der Waals surface area contributed by atoms with Crippen LogP contribution in [-0.4, -0.2) is 47.9 Å². The summed E-state index contributed by atoms with van der Waals surface area (Å²) in [6.07, 6.45) is 5.54. The van der Waals surface area contributed by atoms with Crippen LogP contribution >= 0.6 is 11.3 Å². The Balaban J connectivity index is 1.45. The number of amides is 2. The first-order chi connectivity index (χ1) is 14.9. The molecule has 8 heteroatoms. The van der Waals surface area contributed by atoms with E-state index < -0.39 is 6.04 Å². The van der Waals surface area contributed by atoms with Gasteiger partial charge in [-0.1, -0.05) is 19.1 Å². The third kappa shape index (κ3) is 7.18. The summed E-state index contributed by atoms with van der Waals surface area (Å²) >= 11 is 1.41. The van der Waals surface area contributed by atoms with E-state index in [1.165, 1.54) is 30.3 Å². The highest BCUT2D eigenvalue weighted by atomic mass is 32.1. The van der Waals surface area contributed by atoms with Crippen molar-refractivity contribution in [2.75, 3.05) is 25.5 Å². The number of carbonyl (C=O) groups excluding carboxylic acids is 2. The molecule has 31 heavy (non-hydrogen) atoms. The number of nitrogens with zero attached hydrogens (tertiary/aromatic N) is 2. The molecular weight excluding hydrogens is 412 g/mol. The van der Waals surface area contributed by atoms with E-state index in [0.29, 0.717) is 5.13 Å². The zero-order chi connectivity index (χ0) is 22.2. The molecule has 2 aromatic rings. The largest absolute Gasteiger partial charge is 0.497 e.